The lowest BCUT2D eigenvalue weighted by molar-refractivity contribution is 0.0573. The molecular formula is C16H28N2S. The van der Waals surface area contributed by atoms with Crippen molar-refractivity contribution in [3.8, 4) is 0 Å². The third kappa shape index (κ3) is 3.80. The molecule has 0 saturated carbocycles. The maximum Gasteiger partial charge on any atom is 0.0247 e. The molecule has 1 aromatic heterocycles. The minimum atomic E-state index is 0.328. The molecule has 1 N–H and O–H groups in total. The molecule has 2 nitrogen and oxygen atoms in total. The molecule has 0 aromatic carbocycles. The largest absolute Gasteiger partial charge is 0.311 e. The summed E-state index contributed by atoms with van der Waals surface area (Å²) in [5, 5.41) is 8.23. The van der Waals surface area contributed by atoms with Crippen LogP contribution >= 0.6 is 11.3 Å². The highest BCUT2D eigenvalue weighted by molar-refractivity contribution is 7.07. The van der Waals surface area contributed by atoms with Crippen molar-refractivity contribution in [1.82, 2.24) is 10.2 Å². The van der Waals surface area contributed by atoms with Gasteiger partial charge >= 0.3 is 0 Å². The van der Waals surface area contributed by atoms with Crippen LogP contribution < -0.4 is 5.32 Å². The fourth-order valence-corrected chi connectivity index (χ4v) is 3.52. The van der Waals surface area contributed by atoms with Gasteiger partial charge in [0.05, 0.1) is 0 Å². The molecule has 19 heavy (non-hydrogen) atoms. The smallest absolute Gasteiger partial charge is 0.0247 e. The Kier molecular flexibility index (Phi) is 4.70. The van der Waals surface area contributed by atoms with Crippen molar-refractivity contribution >= 4 is 11.3 Å². The molecule has 0 bridgehead atoms. The minimum Gasteiger partial charge on any atom is -0.311 e. The number of nitrogens with zero attached hydrogens (tertiary/aromatic N) is 1. The Morgan fingerprint density at radius 2 is 2.16 bits per heavy atom. The number of hydrogen-bond acceptors (Lipinski definition) is 3. The van der Waals surface area contributed by atoms with E-state index in [2.05, 4.69) is 61.7 Å². The first-order valence-corrected chi connectivity index (χ1v) is 8.30. The molecule has 1 aromatic rings. The summed E-state index contributed by atoms with van der Waals surface area (Å²) < 4.78 is 0. The van der Waals surface area contributed by atoms with Gasteiger partial charge in [-0.15, -0.1) is 0 Å². The standard InChI is InChI=1S/C16H28N2S/c1-12(2)14-8-17-15(16(3,4)5)10-18(14)9-13-6-7-19-11-13/h6-7,11-12,14-15,17H,8-10H2,1-5H3. The summed E-state index contributed by atoms with van der Waals surface area (Å²) in [5.74, 6) is 0.701. The number of rotatable bonds is 3. The van der Waals surface area contributed by atoms with Gasteiger partial charge < -0.3 is 5.32 Å². The molecule has 2 rings (SSSR count). The predicted octanol–water partition coefficient (Wildman–Crippen LogP) is 3.59. The number of thiophene rings is 1. The van der Waals surface area contributed by atoms with Gasteiger partial charge in [-0.1, -0.05) is 34.6 Å². The highest BCUT2D eigenvalue weighted by Crippen LogP contribution is 2.27. The van der Waals surface area contributed by atoms with Crippen LogP contribution in [0.3, 0.4) is 0 Å². The van der Waals surface area contributed by atoms with E-state index in [-0.39, 0.29) is 0 Å². The third-order valence-electron chi connectivity index (χ3n) is 4.24. The first-order valence-electron chi connectivity index (χ1n) is 7.36. The van der Waals surface area contributed by atoms with Crippen molar-refractivity contribution in [3.05, 3.63) is 22.4 Å². The summed E-state index contributed by atoms with van der Waals surface area (Å²) in [6.45, 7) is 15.1. The van der Waals surface area contributed by atoms with Crippen LogP contribution in [0.2, 0.25) is 0 Å². The van der Waals surface area contributed by atoms with E-state index >= 15 is 0 Å². The molecule has 2 heterocycles. The lowest BCUT2D eigenvalue weighted by Gasteiger charge is -2.46. The highest BCUT2D eigenvalue weighted by Gasteiger charge is 2.35. The molecule has 0 aliphatic carbocycles. The van der Waals surface area contributed by atoms with Crippen LogP contribution in [0.25, 0.3) is 0 Å². The van der Waals surface area contributed by atoms with E-state index in [1.807, 2.05) is 0 Å². The van der Waals surface area contributed by atoms with Gasteiger partial charge in [0.25, 0.3) is 0 Å². The number of hydrogen-bond donors (Lipinski definition) is 1. The second kappa shape index (κ2) is 5.94. The van der Waals surface area contributed by atoms with Gasteiger partial charge in [0.2, 0.25) is 0 Å². The summed E-state index contributed by atoms with van der Waals surface area (Å²) in [5.41, 5.74) is 1.79. The van der Waals surface area contributed by atoms with Crippen LogP contribution in [0, 0.1) is 11.3 Å². The van der Waals surface area contributed by atoms with Crippen molar-refractivity contribution in [3.63, 3.8) is 0 Å². The molecule has 1 saturated heterocycles. The minimum absolute atomic E-state index is 0.328. The first-order chi connectivity index (χ1) is 8.88. The maximum absolute atomic E-state index is 3.76. The van der Waals surface area contributed by atoms with Crippen LogP contribution in [0.5, 0.6) is 0 Å². The van der Waals surface area contributed by atoms with Gasteiger partial charge in [0.15, 0.2) is 0 Å². The quantitative estimate of drug-likeness (QED) is 0.910. The Morgan fingerprint density at radius 3 is 2.68 bits per heavy atom. The van der Waals surface area contributed by atoms with Gasteiger partial charge in [0, 0.05) is 31.7 Å². The molecule has 2 unspecified atom stereocenters. The van der Waals surface area contributed by atoms with Gasteiger partial charge in [-0.3, -0.25) is 4.90 Å². The van der Waals surface area contributed by atoms with E-state index in [9.17, 15) is 0 Å². The highest BCUT2D eigenvalue weighted by atomic mass is 32.1. The van der Waals surface area contributed by atoms with Crippen LogP contribution in [0.15, 0.2) is 16.8 Å². The van der Waals surface area contributed by atoms with E-state index in [0.717, 1.165) is 19.6 Å². The van der Waals surface area contributed by atoms with Gasteiger partial charge in [-0.2, -0.15) is 11.3 Å². The normalized spacial score (nSPS) is 26.0. The molecule has 0 radical (unpaired) electrons. The molecule has 0 amide bonds. The third-order valence-corrected chi connectivity index (χ3v) is 4.97. The van der Waals surface area contributed by atoms with Crippen LogP contribution in [0.1, 0.15) is 40.2 Å². The Labute approximate surface area is 122 Å². The molecule has 1 fully saturated rings. The van der Waals surface area contributed by atoms with Crippen molar-refractivity contribution in [2.45, 2.75) is 53.2 Å². The second-order valence-corrected chi connectivity index (χ2v) is 7.98. The lowest BCUT2D eigenvalue weighted by atomic mass is 9.83. The van der Waals surface area contributed by atoms with E-state index in [1.54, 1.807) is 11.3 Å². The summed E-state index contributed by atoms with van der Waals surface area (Å²) >= 11 is 1.80. The van der Waals surface area contributed by atoms with Gasteiger partial charge in [-0.05, 0) is 33.7 Å². The zero-order valence-corrected chi connectivity index (χ0v) is 13.8. The number of nitrogens with one attached hydrogen (secondary N) is 1. The van der Waals surface area contributed by atoms with Crippen LogP contribution in [-0.2, 0) is 6.54 Å². The Balaban J connectivity index is 2.08. The fraction of sp³-hybridized carbons (Fsp3) is 0.750. The second-order valence-electron chi connectivity index (χ2n) is 7.20. The maximum atomic E-state index is 3.76. The van der Waals surface area contributed by atoms with Crippen molar-refractivity contribution in [2.24, 2.45) is 11.3 Å². The summed E-state index contributed by atoms with van der Waals surface area (Å²) in [6, 6.07) is 3.50. The van der Waals surface area contributed by atoms with Gasteiger partial charge in [0.1, 0.15) is 0 Å². The van der Waals surface area contributed by atoms with E-state index < -0.39 is 0 Å². The zero-order valence-electron chi connectivity index (χ0n) is 12.9. The van der Waals surface area contributed by atoms with Crippen molar-refractivity contribution in [1.29, 1.82) is 0 Å². The molecule has 0 spiro atoms. The Morgan fingerprint density at radius 1 is 1.42 bits per heavy atom. The predicted molar refractivity (Wildman–Crippen MR) is 84.6 cm³/mol. The first kappa shape index (κ1) is 15.0. The summed E-state index contributed by atoms with van der Waals surface area (Å²) in [7, 11) is 0. The van der Waals surface area contributed by atoms with Crippen molar-refractivity contribution < 1.29 is 0 Å². The molecular weight excluding hydrogens is 252 g/mol. The average Bonchev–Trinajstić information content (AvgIpc) is 2.80. The number of piperazine rings is 1. The molecule has 1 aliphatic heterocycles. The van der Waals surface area contributed by atoms with E-state index in [4.69, 9.17) is 0 Å². The van der Waals surface area contributed by atoms with Crippen LogP contribution in [0.4, 0.5) is 0 Å². The Bertz CT molecular complexity index is 378. The topological polar surface area (TPSA) is 15.3 Å². The zero-order chi connectivity index (χ0) is 14.0. The Hall–Kier alpha value is -0.380. The average molecular weight is 280 g/mol. The molecule has 108 valence electrons. The lowest BCUT2D eigenvalue weighted by Crippen LogP contribution is -2.61. The monoisotopic (exact) mass is 280 g/mol. The summed E-state index contributed by atoms with van der Waals surface area (Å²) in [4.78, 5) is 2.68. The molecule has 1 aliphatic rings. The van der Waals surface area contributed by atoms with E-state index in [1.165, 1.54) is 5.56 Å². The van der Waals surface area contributed by atoms with Crippen LogP contribution in [-0.4, -0.2) is 30.1 Å². The van der Waals surface area contributed by atoms with E-state index in [0.29, 0.717) is 23.4 Å². The SMILES string of the molecule is CC(C)C1CNC(C(C)(C)C)CN1Cc1ccsc1. The van der Waals surface area contributed by atoms with Gasteiger partial charge in [-0.25, -0.2) is 0 Å². The molecule has 2 atom stereocenters. The van der Waals surface area contributed by atoms with Crippen molar-refractivity contribution in [2.75, 3.05) is 13.1 Å². The fourth-order valence-electron chi connectivity index (χ4n) is 2.86. The molecule has 3 heteroatoms. The summed E-state index contributed by atoms with van der Waals surface area (Å²) in [6.07, 6.45) is 0.